The molecule has 1 amide bonds. The monoisotopic (exact) mass is 1170 g/mol. The van der Waals surface area contributed by atoms with Crippen LogP contribution in [-0.4, -0.2) is 93.3 Å². The molecule has 0 aromatic heterocycles. The molecule has 14 nitrogen and oxygen atoms in total. The minimum Gasteiger partial charge on any atom is -0.465 e. The van der Waals surface area contributed by atoms with Crippen molar-refractivity contribution in [2.24, 2.45) is 5.92 Å². The van der Waals surface area contributed by atoms with Crippen molar-refractivity contribution in [2.75, 3.05) is 46.0 Å². The number of ether oxygens (including phenoxy) is 7. The van der Waals surface area contributed by atoms with Gasteiger partial charge in [-0.1, -0.05) is 189 Å². The van der Waals surface area contributed by atoms with Gasteiger partial charge in [0.1, 0.15) is 25.9 Å². The highest BCUT2D eigenvalue weighted by Crippen LogP contribution is 2.22. The van der Waals surface area contributed by atoms with Gasteiger partial charge in [-0.05, 0) is 125 Å². The van der Waals surface area contributed by atoms with E-state index in [0.717, 1.165) is 83.8 Å². The lowest BCUT2D eigenvalue weighted by Crippen LogP contribution is -2.35. The van der Waals surface area contributed by atoms with Crippen LogP contribution >= 0.6 is 0 Å². The molecule has 1 fully saturated rings. The number of carbonyl (C=O) groups excluding carboxylic acids is 5. The summed E-state index contributed by atoms with van der Waals surface area (Å²) < 4.78 is 41.4. The van der Waals surface area contributed by atoms with Gasteiger partial charge in [0, 0.05) is 53.4 Å². The third-order valence-electron chi connectivity index (χ3n) is 15.9. The van der Waals surface area contributed by atoms with Crippen molar-refractivity contribution >= 4 is 30.0 Å². The summed E-state index contributed by atoms with van der Waals surface area (Å²) >= 11 is 0. The van der Waals surface area contributed by atoms with Crippen molar-refractivity contribution in [2.45, 2.75) is 324 Å². The lowest BCUT2D eigenvalue weighted by molar-refractivity contribution is -0.160. The fourth-order valence-electron chi connectivity index (χ4n) is 10.7. The highest BCUT2D eigenvalue weighted by Gasteiger charge is 2.20. The van der Waals surface area contributed by atoms with Crippen LogP contribution in [0.2, 0.25) is 0 Å². The van der Waals surface area contributed by atoms with Gasteiger partial charge in [-0.2, -0.15) is 0 Å². The van der Waals surface area contributed by atoms with Gasteiger partial charge in [0.15, 0.2) is 6.29 Å². The zero-order valence-corrected chi connectivity index (χ0v) is 53.7. The molecule has 1 aliphatic heterocycles. The third kappa shape index (κ3) is 44.4. The summed E-state index contributed by atoms with van der Waals surface area (Å²) in [6.07, 6.45) is 37.8. The molecule has 1 N–H and O–H groups in total. The Kier molecular flexibility index (Phi) is 48.8. The smallest absolute Gasteiger partial charge is 0.407 e. The number of hydrogen-bond acceptors (Lipinski definition) is 13. The van der Waals surface area contributed by atoms with Crippen molar-refractivity contribution in [1.82, 2.24) is 10.2 Å². The number of nitrogens with one attached hydrogen (secondary N) is 1. The number of rotatable bonds is 57. The topological polar surface area (TPSA) is 165 Å². The van der Waals surface area contributed by atoms with Gasteiger partial charge in [0.25, 0.3) is 0 Å². The second-order valence-corrected chi connectivity index (χ2v) is 23.8. The molecule has 1 heterocycles. The van der Waals surface area contributed by atoms with Crippen molar-refractivity contribution in [3.63, 3.8) is 0 Å². The molecular formula is C69H124N2O12. The highest BCUT2D eigenvalue weighted by atomic mass is 16.7. The van der Waals surface area contributed by atoms with Gasteiger partial charge >= 0.3 is 30.0 Å². The molecule has 1 aliphatic rings. The van der Waals surface area contributed by atoms with Gasteiger partial charge in [-0.15, -0.1) is 0 Å². The van der Waals surface area contributed by atoms with Crippen LogP contribution in [0.5, 0.6) is 0 Å². The fraction of sp³-hybridized carbons (Fsp3) is 0.841. The van der Waals surface area contributed by atoms with Crippen LogP contribution in [0.25, 0.3) is 0 Å². The molecule has 0 radical (unpaired) electrons. The van der Waals surface area contributed by atoms with Crippen molar-refractivity contribution < 1.29 is 58.6 Å². The highest BCUT2D eigenvalue weighted by molar-refractivity contribution is 5.71. The molecule has 0 aliphatic carbocycles. The Morgan fingerprint density at radius 1 is 0.446 bits per heavy atom. The summed E-state index contributed by atoms with van der Waals surface area (Å²) in [5, 5.41) is 2.90. The largest absolute Gasteiger partial charge is 0.465 e. The predicted octanol–water partition coefficient (Wildman–Crippen LogP) is 17.7. The third-order valence-corrected chi connectivity index (χ3v) is 15.9. The summed E-state index contributed by atoms with van der Waals surface area (Å²) in [6, 6.07) is 5.51. The number of esters is 4. The lowest BCUT2D eigenvalue weighted by atomic mass is 9.95. The summed E-state index contributed by atoms with van der Waals surface area (Å²) in [7, 11) is 0. The average molecular weight is 1170 g/mol. The Morgan fingerprint density at radius 3 is 1.31 bits per heavy atom. The van der Waals surface area contributed by atoms with E-state index in [2.05, 4.69) is 44.8 Å². The first-order valence-corrected chi connectivity index (χ1v) is 34.2. The van der Waals surface area contributed by atoms with E-state index in [1.54, 1.807) is 0 Å². The number of unbranched alkanes of at least 4 members (excludes halogenated alkanes) is 23. The van der Waals surface area contributed by atoms with Gasteiger partial charge in [0.05, 0.1) is 13.0 Å². The second kappa shape index (κ2) is 53.7. The molecular weight excluding hydrogens is 1050 g/mol. The average Bonchev–Trinajstić information content (AvgIpc) is 4.12. The minimum atomic E-state index is -0.485. The van der Waals surface area contributed by atoms with Crippen LogP contribution in [0, 0.1) is 5.92 Å². The maximum Gasteiger partial charge on any atom is 0.407 e. The van der Waals surface area contributed by atoms with E-state index < -0.39 is 24.5 Å². The van der Waals surface area contributed by atoms with Crippen molar-refractivity contribution in [3.8, 4) is 0 Å². The first-order chi connectivity index (χ1) is 40.6. The first-order valence-electron chi connectivity index (χ1n) is 34.2. The standard InChI is InChI=1S/C69H122N2O12.H2/c1-6-11-16-21-24-29-38-59(37-28-19-14-9-4)55-79-64(72)40-31-27-32-41-65(73)80-56-60-52-61(57-81-66(74)43-42-63(39-30-20-15-10-5)83-69(76)70-46-49-71-47-33-34-48-71)54-62(53-60)58-82-67(75)44-45-68(77-50-35-25-22-17-12-7-2)78-51-36-26-23-18-13-8-3;/h52-54,59,63,68H,6-51,55-58H2,1-5H3,(H,70,76);1H. The molecule has 1 aromatic rings. The molecule has 0 bridgehead atoms. The van der Waals surface area contributed by atoms with Gasteiger partial charge in [-0.3, -0.25) is 19.2 Å². The summed E-state index contributed by atoms with van der Waals surface area (Å²) in [6.45, 7) is 16.1. The SMILES string of the molecule is CCCCCCCCOC(CCC(=O)OCc1cc(COC(=O)CCCCCC(=O)OCC(CCCCCC)CCCCCCCC)cc(COC(=O)CCC(CCCCCC)OC(=O)NCCN2CCCC2)c1)OCCCCCCCC.[HH]. The Morgan fingerprint density at radius 2 is 0.831 bits per heavy atom. The van der Waals surface area contributed by atoms with E-state index in [-0.39, 0.29) is 58.4 Å². The Labute approximate surface area is 507 Å². The summed E-state index contributed by atoms with van der Waals surface area (Å²) in [5.41, 5.74) is 2.00. The van der Waals surface area contributed by atoms with Crippen LogP contribution in [0.15, 0.2) is 18.2 Å². The molecule has 83 heavy (non-hydrogen) atoms. The fourth-order valence-corrected chi connectivity index (χ4v) is 10.7. The molecule has 0 spiro atoms. The lowest BCUT2D eigenvalue weighted by Gasteiger charge is -2.19. The van der Waals surface area contributed by atoms with E-state index in [1.807, 2.05) is 18.2 Å². The van der Waals surface area contributed by atoms with Crippen molar-refractivity contribution in [1.29, 1.82) is 0 Å². The first kappa shape index (κ1) is 75.3. The van der Waals surface area contributed by atoms with E-state index >= 15 is 0 Å². The van der Waals surface area contributed by atoms with E-state index in [9.17, 15) is 24.0 Å². The molecule has 1 saturated heterocycles. The predicted molar refractivity (Wildman–Crippen MR) is 336 cm³/mol. The Hall–Kier alpha value is -3.75. The number of likely N-dealkylation sites (tertiary alicyclic amines) is 1. The molecule has 14 heteroatoms. The van der Waals surface area contributed by atoms with Gasteiger partial charge in [0.2, 0.25) is 0 Å². The number of carbonyl (C=O) groups is 5. The zero-order chi connectivity index (χ0) is 60.1. The van der Waals surface area contributed by atoms with Crippen LogP contribution in [-0.2, 0) is 72.2 Å². The van der Waals surface area contributed by atoms with E-state index in [1.165, 1.54) is 128 Å². The molecule has 2 atom stereocenters. The van der Waals surface area contributed by atoms with Crippen LogP contribution in [0.4, 0.5) is 4.79 Å². The zero-order valence-electron chi connectivity index (χ0n) is 53.7. The number of benzene rings is 1. The van der Waals surface area contributed by atoms with Crippen molar-refractivity contribution in [3.05, 3.63) is 34.9 Å². The normalized spacial score (nSPS) is 13.3. The molecule has 0 saturated carbocycles. The Balaban J connectivity index is 0.0000353. The minimum absolute atomic E-state index is 0. The van der Waals surface area contributed by atoms with E-state index in [0.29, 0.717) is 93.9 Å². The molecule has 1 aromatic carbocycles. The number of alkyl carbamates (subject to hydrolysis) is 1. The summed E-state index contributed by atoms with van der Waals surface area (Å²) in [5.74, 6) is -0.888. The molecule has 482 valence electrons. The maximum atomic E-state index is 13.3. The second-order valence-electron chi connectivity index (χ2n) is 23.8. The van der Waals surface area contributed by atoms with Crippen LogP contribution < -0.4 is 5.32 Å². The quantitative estimate of drug-likeness (QED) is 0.0284. The maximum absolute atomic E-state index is 13.3. The van der Waals surface area contributed by atoms with Gasteiger partial charge in [-0.25, -0.2) is 4.79 Å². The van der Waals surface area contributed by atoms with Crippen LogP contribution in [0.3, 0.4) is 0 Å². The molecule has 2 rings (SSSR count). The number of hydrogen-bond donors (Lipinski definition) is 1. The van der Waals surface area contributed by atoms with Gasteiger partial charge < -0.3 is 43.4 Å². The molecule has 2 unspecified atom stereocenters. The summed E-state index contributed by atoms with van der Waals surface area (Å²) in [4.78, 5) is 67.6. The Bertz CT molecular complexity index is 1750. The number of amides is 1. The van der Waals surface area contributed by atoms with E-state index in [4.69, 9.17) is 33.2 Å². The number of nitrogens with zero attached hydrogens (tertiary/aromatic N) is 1. The van der Waals surface area contributed by atoms with Crippen LogP contribution in [0.1, 0.15) is 310 Å².